The van der Waals surface area contributed by atoms with Crippen LogP contribution in [0.4, 0.5) is 5.69 Å². The predicted octanol–water partition coefficient (Wildman–Crippen LogP) is 0.848. The largest absolute Gasteiger partial charge is 0.497 e. The molecule has 4 N–H and O–H groups in total. The van der Waals surface area contributed by atoms with Crippen molar-refractivity contribution in [2.24, 2.45) is 0 Å². The predicted molar refractivity (Wildman–Crippen MR) is 63.4 cm³/mol. The number of ether oxygens (including phenoxy) is 1. The number of nitrogens with one attached hydrogen (secondary N) is 1. The third-order valence-corrected chi connectivity index (χ3v) is 3.12. The lowest BCUT2D eigenvalue weighted by Gasteiger charge is -2.34. The summed E-state index contributed by atoms with van der Waals surface area (Å²) in [7, 11) is 1.60. The lowest BCUT2D eigenvalue weighted by molar-refractivity contribution is 0.0130. The lowest BCUT2D eigenvalue weighted by atomic mass is 9.85. The number of piperidine rings is 1. The van der Waals surface area contributed by atoms with Crippen LogP contribution in [0.2, 0.25) is 0 Å². The molecule has 2 rings (SSSR count). The van der Waals surface area contributed by atoms with Gasteiger partial charge in [-0.2, -0.15) is 0 Å². The fourth-order valence-electron chi connectivity index (χ4n) is 2.21. The Labute approximate surface area is 95.4 Å². The van der Waals surface area contributed by atoms with Crippen molar-refractivity contribution in [3.8, 4) is 5.75 Å². The number of hydrogen-bond donors (Lipinski definition) is 3. The summed E-state index contributed by atoms with van der Waals surface area (Å²) in [4.78, 5) is 0. The maximum absolute atomic E-state index is 10.5. The first-order valence-electron chi connectivity index (χ1n) is 5.53. The van der Waals surface area contributed by atoms with Gasteiger partial charge in [0.2, 0.25) is 0 Å². The highest BCUT2D eigenvalue weighted by Gasteiger charge is 2.32. The molecular weight excluding hydrogens is 204 g/mol. The lowest BCUT2D eigenvalue weighted by Crippen LogP contribution is -2.43. The molecular formula is C12H18N2O2. The van der Waals surface area contributed by atoms with Crippen LogP contribution < -0.4 is 15.8 Å². The van der Waals surface area contributed by atoms with E-state index in [1.165, 1.54) is 0 Å². The molecule has 1 heterocycles. The first kappa shape index (κ1) is 11.2. The topological polar surface area (TPSA) is 67.5 Å². The molecule has 1 aromatic rings. The monoisotopic (exact) mass is 222 g/mol. The Morgan fingerprint density at radius 2 is 2.31 bits per heavy atom. The standard InChI is InChI=1S/C12H18N2O2/c1-16-9-3-4-10(11(13)7-9)12(15)5-2-6-14-8-12/h3-4,7,14-15H,2,5-6,8,13H2,1H3. The van der Waals surface area contributed by atoms with Gasteiger partial charge >= 0.3 is 0 Å². The van der Waals surface area contributed by atoms with Gasteiger partial charge in [-0.25, -0.2) is 0 Å². The first-order valence-corrected chi connectivity index (χ1v) is 5.53. The minimum absolute atomic E-state index is 0.559. The average molecular weight is 222 g/mol. The molecule has 4 nitrogen and oxygen atoms in total. The van der Waals surface area contributed by atoms with Crippen LogP contribution in [0.1, 0.15) is 18.4 Å². The molecule has 1 aromatic carbocycles. The first-order chi connectivity index (χ1) is 7.65. The van der Waals surface area contributed by atoms with Crippen LogP contribution in [0.3, 0.4) is 0 Å². The number of hydrogen-bond acceptors (Lipinski definition) is 4. The van der Waals surface area contributed by atoms with E-state index in [9.17, 15) is 5.11 Å². The number of methoxy groups -OCH3 is 1. The number of rotatable bonds is 2. The van der Waals surface area contributed by atoms with Crippen LogP contribution >= 0.6 is 0 Å². The van der Waals surface area contributed by atoms with E-state index < -0.39 is 5.60 Å². The molecule has 1 unspecified atom stereocenters. The highest BCUT2D eigenvalue weighted by Crippen LogP contribution is 2.33. The van der Waals surface area contributed by atoms with Crippen LogP contribution in [0, 0.1) is 0 Å². The molecule has 16 heavy (non-hydrogen) atoms. The summed E-state index contributed by atoms with van der Waals surface area (Å²) in [6.45, 7) is 1.52. The summed E-state index contributed by atoms with van der Waals surface area (Å²) in [5.74, 6) is 0.716. The molecule has 0 spiro atoms. The third kappa shape index (κ3) is 1.99. The van der Waals surface area contributed by atoms with Crippen molar-refractivity contribution in [2.75, 3.05) is 25.9 Å². The van der Waals surface area contributed by atoms with Crippen molar-refractivity contribution in [1.82, 2.24) is 5.32 Å². The highest BCUT2D eigenvalue weighted by molar-refractivity contribution is 5.54. The molecule has 0 amide bonds. The van der Waals surface area contributed by atoms with Gasteiger partial charge < -0.3 is 20.9 Å². The molecule has 0 aliphatic carbocycles. The smallest absolute Gasteiger partial charge is 0.120 e. The Bertz CT molecular complexity index is 373. The van der Waals surface area contributed by atoms with Crippen molar-refractivity contribution in [3.05, 3.63) is 23.8 Å². The van der Waals surface area contributed by atoms with Crippen LogP contribution in [0.15, 0.2) is 18.2 Å². The molecule has 1 fully saturated rings. The SMILES string of the molecule is COc1ccc(C2(O)CCCNC2)c(N)c1. The van der Waals surface area contributed by atoms with E-state index >= 15 is 0 Å². The van der Waals surface area contributed by atoms with Crippen molar-refractivity contribution in [3.63, 3.8) is 0 Å². The molecule has 0 bridgehead atoms. The van der Waals surface area contributed by atoms with Crippen LogP contribution in [0.5, 0.6) is 5.75 Å². The molecule has 0 radical (unpaired) electrons. The van der Waals surface area contributed by atoms with E-state index in [-0.39, 0.29) is 0 Å². The van der Waals surface area contributed by atoms with Gasteiger partial charge in [-0.05, 0) is 25.5 Å². The molecule has 1 atom stereocenters. The zero-order chi connectivity index (χ0) is 11.6. The van der Waals surface area contributed by atoms with Crippen molar-refractivity contribution < 1.29 is 9.84 Å². The van der Waals surface area contributed by atoms with E-state index in [0.29, 0.717) is 18.0 Å². The van der Waals surface area contributed by atoms with Gasteiger partial charge in [0.05, 0.1) is 7.11 Å². The zero-order valence-electron chi connectivity index (χ0n) is 9.49. The normalized spacial score (nSPS) is 25.4. The van der Waals surface area contributed by atoms with Gasteiger partial charge in [0.1, 0.15) is 11.4 Å². The maximum Gasteiger partial charge on any atom is 0.120 e. The summed E-state index contributed by atoms with van der Waals surface area (Å²) in [5, 5.41) is 13.7. The Balaban J connectivity index is 2.32. The Morgan fingerprint density at radius 3 is 2.88 bits per heavy atom. The highest BCUT2D eigenvalue weighted by atomic mass is 16.5. The molecule has 1 aliphatic rings. The summed E-state index contributed by atoms with van der Waals surface area (Å²) < 4.78 is 5.09. The fraction of sp³-hybridized carbons (Fsp3) is 0.500. The van der Waals surface area contributed by atoms with E-state index in [2.05, 4.69) is 5.32 Å². The Kier molecular flexibility index (Phi) is 3.03. The molecule has 4 heteroatoms. The van der Waals surface area contributed by atoms with Gasteiger partial charge in [0.25, 0.3) is 0 Å². The van der Waals surface area contributed by atoms with E-state index in [0.717, 1.165) is 24.9 Å². The molecule has 0 aromatic heterocycles. The Hall–Kier alpha value is -1.26. The van der Waals surface area contributed by atoms with Crippen molar-refractivity contribution >= 4 is 5.69 Å². The minimum Gasteiger partial charge on any atom is -0.497 e. The summed E-state index contributed by atoms with van der Waals surface area (Å²) in [6.07, 6.45) is 1.71. The van der Waals surface area contributed by atoms with Crippen molar-refractivity contribution in [1.29, 1.82) is 0 Å². The fourth-order valence-corrected chi connectivity index (χ4v) is 2.21. The number of anilines is 1. The van der Waals surface area contributed by atoms with Gasteiger partial charge in [0, 0.05) is 23.9 Å². The molecule has 1 saturated heterocycles. The quantitative estimate of drug-likeness (QED) is 0.649. The van der Waals surface area contributed by atoms with E-state index in [1.54, 1.807) is 13.2 Å². The van der Waals surface area contributed by atoms with Gasteiger partial charge in [-0.1, -0.05) is 6.07 Å². The molecule has 1 aliphatic heterocycles. The zero-order valence-corrected chi connectivity index (χ0v) is 9.49. The minimum atomic E-state index is -0.839. The van der Waals surface area contributed by atoms with Gasteiger partial charge in [-0.3, -0.25) is 0 Å². The second-order valence-electron chi connectivity index (χ2n) is 4.27. The van der Waals surface area contributed by atoms with Gasteiger partial charge in [0.15, 0.2) is 0 Å². The van der Waals surface area contributed by atoms with E-state index in [1.807, 2.05) is 12.1 Å². The Morgan fingerprint density at radius 1 is 1.50 bits per heavy atom. The third-order valence-electron chi connectivity index (χ3n) is 3.12. The molecule has 0 saturated carbocycles. The van der Waals surface area contributed by atoms with Crippen LogP contribution in [-0.2, 0) is 5.60 Å². The van der Waals surface area contributed by atoms with Crippen LogP contribution in [-0.4, -0.2) is 25.3 Å². The average Bonchev–Trinajstić information content (AvgIpc) is 2.29. The number of benzene rings is 1. The number of nitrogens with two attached hydrogens (primary N) is 1. The summed E-state index contributed by atoms with van der Waals surface area (Å²) >= 11 is 0. The maximum atomic E-state index is 10.5. The number of aliphatic hydroxyl groups is 1. The van der Waals surface area contributed by atoms with Gasteiger partial charge in [-0.15, -0.1) is 0 Å². The van der Waals surface area contributed by atoms with E-state index in [4.69, 9.17) is 10.5 Å². The summed E-state index contributed by atoms with van der Waals surface area (Å²) in [5.41, 5.74) is 6.49. The second-order valence-corrected chi connectivity index (χ2v) is 4.27. The number of nitrogen functional groups attached to an aromatic ring is 1. The van der Waals surface area contributed by atoms with Crippen molar-refractivity contribution in [2.45, 2.75) is 18.4 Å². The number of β-amino-alcohol motifs (C(OH)–C–C–N with tert-alkyl or cyclic N) is 1. The van der Waals surface area contributed by atoms with Crippen LogP contribution in [0.25, 0.3) is 0 Å². The second kappa shape index (κ2) is 4.31. The summed E-state index contributed by atoms with van der Waals surface area (Å²) in [6, 6.07) is 5.43. The molecule has 88 valence electrons.